The molecule has 0 saturated heterocycles. The summed E-state index contributed by atoms with van der Waals surface area (Å²) in [7, 11) is 1.52. The second-order valence-electron chi connectivity index (χ2n) is 6.45. The van der Waals surface area contributed by atoms with Crippen LogP contribution in [-0.2, 0) is 15.9 Å². The molecule has 3 unspecified atom stereocenters. The minimum absolute atomic E-state index is 0.0868. The Morgan fingerprint density at radius 2 is 1.70 bits per heavy atom. The van der Waals surface area contributed by atoms with Crippen LogP contribution in [0.1, 0.15) is 25.3 Å². The van der Waals surface area contributed by atoms with Gasteiger partial charge in [0.1, 0.15) is 6.10 Å². The van der Waals surface area contributed by atoms with Gasteiger partial charge in [0.05, 0.1) is 25.9 Å². The topological polar surface area (TPSA) is 79.2 Å². The third kappa shape index (κ3) is 8.44. The molecule has 0 fully saturated rings. The van der Waals surface area contributed by atoms with Gasteiger partial charge in [0.25, 0.3) is 0 Å². The van der Waals surface area contributed by atoms with Crippen LogP contribution in [0.5, 0.6) is 0 Å². The highest BCUT2D eigenvalue weighted by Crippen LogP contribution is 2.32. The van der Waals surface area contributed by atoms with Crippen molar-refractivity contribution >= 4 is 0 Å². The summed E-state index contributed by atoms with van der Waals surface area (Å²) in [5, 5.41) is 29.1. The van der Waals surface area contributed by atoms with Gasteiger partial charge in [-0.2, -0.15) is 0 Å². The number of hydrogen-bond donors (Lipinski definition) is 3. The van der Waals surface area contributed by atoms with Crippen LogP contribution < -0.4 is 0 Å². The fraction of sp³-hybridized carbons (Fsp3) is 0.667. The van der Waals surface area contributed by atoms with E-state index in [-0.39, 0.29) is 31.8 Å². The first kappa shape index (κ1) is 20.1. The fourth-order valence-corrected chi connectivity index (χ4v) is 2.83. The normalized spacial score (nSPS) is 16.7. The molecule has 1 aromatic rings. The van der Waals surface area contributed by atoms with E-state index in [4.69, 9.17) is 9.47 Å². The van der Waals surface area contributed by atoms with Gasteiger partial charge in [-0.15, -0.1) is 0 Å². The van der Waals surface area contributed by atoms with E-state index in [9.17, 15) is 15.3 Å². The maximum absolute atomic E-state index is 10.2. The molecule has 5 heteroatoms. The lowest BCUT2D eigenvalue weighted by atomic mass is 9.76. The standard InChI is InChI=1S/C18H30O5/c1-18(8-9-19,10-15-6-4-3-5-7-15)11-16(20)13-23-14-17(21)12-22-2/h3-7,16-17,19-21H,8-14H2,1-2H3. The maximum Gasteiger partial charge on any atom is 0.101 e. The zero-order valence-corrected chi connectivity index (χ0v) is 14.1. The van der Waals surface area contributed by atoms with Crippen LogP contribution in [0.15, 0.2) is 30.3 Å². The van der Waals surface area contributed by atoms with Crippen LogP contribution in [0.25, 0.3) is 0 Å². The molecule has 0 aliphatic carbocycles. The average Bonchev–Trinajstić information content (AvgIpc) is 2.48. The number of hydrogen-bond acceptors (Lipinski definition) is 5. The summed E-state index contributed by atoms with van der Waals surface area (Å²) in [6, 6.07) is 10.1. The number of methoxy groups -OCH3 is 1. The highest BCUT2D eigenvalue weighted by molar-refractivity contribution is 5.16. The van der Waals surface area contributed by atoms with E-state index >= 15 is 0 Å². The van der Waals surface area contributed by atoms with Crippen LogP contribution in [-0.4, -0.2) is 61.1 Å². The van der Waals surface area contributed by atoms with Crippen LogP contribution in [0, 0.1) is 5.41 Å². The largest absolute Gasteiger partial charge is 0.396 e. The molecule has 23 heavy (non-hydrogen) atoms. The molecule has 0 amide bonds. The highest BCUT2D eigenvalue weighted by atomic mass is 16.5. The predicted molar refractivity (Wildman–Crippen MR) is 89.3 cm³/mol. The van der Waals surface area contributed by atoms with Crippen molar-refractivity contribution in [2.45, 2.75) is 38.4 Å². The summed E-state index contributed by atoms with van der Waals surface area (Å²) in [6.07, 6.45) is 0.622. The molecule has 1 aromatic carbocycles. The summed E-state index contributed by atoms with van der Waals surface area (Å²) in [4.78, 5) is 0. The minimum Gasteiger partial charge on any atom is -0.396 e. The van der Waals surface area contributed by atoms with Gasteiger partial charge >= 0.3 is 0 Å². The molecule has 3 atom stereocenters. The average molecular weight is 326 g/mol. The smallest absolute Gasteiger partial charge is 0.101 e. The molecule has 0 radical (unpaired) electrons. The lowest BCUT2D eigenvalue weighted by molar-refractivity contribution is -0.0413. The number of benzene rings is 1. The molecule has 0 aromatic heterocycles. The van der Waals surface area contributed by atoms with Crippen molar-refractivity contribution in [3.8, 4) is 0 Å². The lowest BCUT2D eigenvalue weighted by Crippen LogP contribution is -2.31. The van der Waals surface area contributed by atoms with Crippen LogP contribution in [0.2, 0.25) is 0 Å². The first-order chi connectivity index (χ1) is 11.0. The lowest BCUT2D eigenvalue weighted by Gasteiger charge is -2.31. The third-order valence-electron chi connectivity index (χ3n) is 3.90. The van der Waals surface area contributed by atoms with E-state index in [1.165, 1.54) is 12.7 Å². The van der Waals surface area contributed by atoms with Crippen molar-refractivity contribution in [3.05, 3.63) is 35.9 Å². The second-order valence-corrected chi connectivity index (χ2v) is 6.45. The zero-order valence-electron chi connectivity index (χ0n) is 14.1. The molecule has 0 heterocycles. The van der Waals surface area contributed by atoms with E-state index in [2.05, 4.69) is 19.1 Å². The minimum atomic E-state index is -0.680. The van der Waals surface area contributed by atoms with Gasteiger partial charge in [-0.1, -0.05) is 37.3 Å². The Morgan fingerprint density at radius 1 is 1.04 bits per heavy atom. The molecule has 3 N–H and O–H groups in total. The fourth-order valence-electron chi connectivity index (χ4n) is 2.83. The highest BCUT2D eigenvalue weighted by Gasteiger charge is 2.27. The van der Waals surface area contributed by atoms with Crippen LogP contribution in [0.4, 0.5) is 0 Å². The van der Waals surface area contributed by atoms with Crippen molar-refractivity contribution in [2.75, 3.05) is 33.5 Å². The Bertz CT molecular complexity index is 411. The van der Waals surface area contributed by atoms with Gasteiger partial charge < -0.3 is 24.8 Å². The Kier molecular flexibility index (Phi) is 9.36. The van der Waals surface area contributed by atoms with E-state index in [0.29, 0.717) is 12.8 Å². The van der Waals surface area contributed by atoms with Gasteiger partial charge in [0.2, 0.25) is 0 Å². The predicted octanol–water partition coefficient (Wildman–Crippen LogP) is 1.39. The summed E-state index contributed by atoms with van der Waals surface area (Å²) < 4.78 is 10.2. The van der Waals surface area contributed by atoms with E-state index in [1.54, 1.807) is 0 Å². The van der Waals surface area contributed by atoms with Crippen molar-refractivity contribution in [1.82, 2.24) is 0 Å². The Labute approximate surface area is 138 Å². The third-order valence-corrected chi connectivity index (χ3v) is 3.90. The second kappa shape index (κ2) is 10.7. The van der Waals surface area contributed by atoms with Crippen molar-refractivity contribution in [1.29, 1.82) is 0 Å². The first-order valence-corrected chi connectivity index (χ1v) is 8.06. The van der Waals surface area contributed by atoms with Crippen molar-refractivity contribution in [3.63, 3.8) is 0 Å². The number of ether oxygens (including phenoxy) is 2. The molecular formula is C18H30O5. The molecular weight excluding hydrogens is 296 g/mol. The maximum atomic E-state index is 10.2. The van der Waals surface area contributed by atoms with Crippen LogP contribution in [0.3, 0.4) is 0 Å². The quantitative estimate of drug-likeness (QED) is 0.541. The Balaban J connectivity index is 2.47. The molecule has 0 spiro atoms. The number of aliphatic hydroxyl groups excluding tert-OH is 3. The molecule has 1 rings (SSSR count). The SMILES string of the molecule is COCC(O)COCC(O)CC(C)(CCO)Cc1ccccc1. The van der Waals surface area contributed by atoms with Crippen LogP contribution >= 0.6 is 0 Å². The molecule has 0 bridgehead atoms. The van der Waals surface area contributed by atoms with E-state index in [1.807, 2.05) is 18.2 Å². The zero-order chi connectivity index (χ0) is 17.1. The van der Waals surface area contributed by atoms with E-state index < -0.39 is 12.2 Å². The van der Waals surface area contributed by atoms with E-state index in [0.717, 1.165) is 6.42 Å². The Hall–Kier alpha value is -0.980. The molecule has 0 saturated carbocycles. The molecule has 5 nitrogen and oxygen atoms in total. The van der Waals surface area contributed by atoms with Gasteiger partial charge in [0, 0.05) is 13.7 Å². The monoisotopic (exact) mass is 326 g/mol. The van der Waals surface area contributed by atoms with Gasteiger partial charge in [0.15, 0.2) is 0 Å². The summed E-state index contributed by atoms with van der Waals surface area (Å²) in [6.45, 7) is 2.67. The number of aliphatic hydroxyl groups is 3. The molecule has 0 aliphatic rings. The van der Waals surface area contributed by atoms with Gasteiger partial charge in [-0.05, 0) is 30.2 Å². The van der Waals surface area contributed by atoms with Crippen molar-refractivity contribution < 1.29 is 24.8 Å². The Morgan fingerprint density at radius 3 is 2.30 bits per heavy atom. The first-order valence-electron chi connectivity index (χ1n) is 8.06. The van der Waals surface area contributed by atoms with Gasteiger partial charge in [-0.25, -0.2) is 0 Å². The van der Waals surface area contributed by atoms with Crippen molar-refractivity contribution in [2.24, 2.45) is 5.41 Å². The molecule has 132 valence electrons. The summed E-state index contributed by atoms with van der Waals surface area (Å²) in [5.41, 5.74) is 0.983. The summed E-state index contributed by atoms with van der Waals surface area (Å²) in [5.74, 6) is 0. The molecule has 0 aliphatic heterocycles. The summed E-state index contributed by atoms with van der Waals surface area (Å²) >= 11 is 0. The van der Waals surface area contributed by atoms with Gasteiger partial charge in [-0.3, -0.25) is 0 Å². The number of rotatable bonds is 12.